The van der Waals surface area contributed by atoms with Crippen LogP contribution >= 0.6 is 0 Å². The van der Waals surface area contributed by atoms with E-state index in [4.69, 9.17) is 0 Å². The SMILES string of the molecule is CCC(CC)CNCC1(C)CCCC1. The smallest absolute Gasteiger partial charge is 0.000527 e. The molecule has 0 spiro atoms. The van der Waals surface area contributed by atoms with Gasteiger partial charge in [-0.2, -0.15) is 0 Å². The standard InChI is InChI=1S/C13H27N/c1-4-12(5-2)10-14-11-13(3)8-6-7-9-13/h12,14H,4-11H2,1-3H3. The highest BCUT2D eigenvalue weighted by molar-refractivity contribution is 4.82. The molecule has 0 aromatic carbocycles. The van der Waals surface area contributed by atoms with Crippen LogP contribution < -0.4 is 5.32 Å². The average molecular weight is 197 g/mol. The van der Waals surface area contributed by atoms with E-state index in [0.717, 1.165) is 5.92 Å². The summed E-state index contributed by atoms with van der Waals surface area (Å²) < 4.78 is 0. The topological polar surface area (TPSA) is 12.0 Å². The van der Waals surface area contributed by atoms with Gasteiger partial charge in [0, 0.05) is 6.54 Å². The second kappa shape index (κ2) is 5.75. The molecule has 1 aliphatic carbocycles. The fraction of sp³-hybridized carbons (Fsp3) is 1.00. The third kappa shape index (κ3) is 3.61. The third-order valence-electron chi connectivity index (χ3n) is 3.95. The van der Waals surface area contributed by atoms with Crippen LogP contribution in [-0.2, 0) is 0 Å². The molecule has 0 aromatic rings. The summed E-state index contributed by atoms with van der Waals surface area (Å²) in [5.74, 6) is 0.889. The fourth-order valence-corrected chi connectivity index (χ4v) is 2.56. The van der Waals surface area contributed by atoms with Crippen molar-refractivity contribution in [1.82, 2.24) is 5.32 Å². The molecule has 1 aliphatic rings. The highest BCUT2D eigenvalue weighted by Gasteiger charge is 2.27. The molecular weight excluding hydrogens is 170 g/mol. The summed E-state index contributed by atoms with van der Waals surface area (Å²) in [6.45, 7) is 9.51. The van der Waals surface area contributed by atoms with E-state index >= 15 is 0 Å². The van der Waals surface area contributed by atoms with Gasteiger partial charge >= 0.3 is 0 Å². The Balaban J connectivity index is 2.13. The molecule has 84 valence electrons. The van der Waals surface area contributed by atoms with Crippen LogP contribution in [0.3, 0.4) is 0 Å². The van der Waals surface area contributed by atoms with Gasteiger partial charge in [-0.3, -0.25) is 0 Å². The maximum atomic E-state index is 3.67. The fourth-order valence-electron chi connectivity index (χ4n) is 2.56. The third-order valence-corrected chi connectivity index (χ3v) is 3.95. The van der Waals surface area contributed by atoms with Crippen LogP contribution in [0.1, 0.15) is 59.3 Å². The minimum atomic E-state index is 0.617. The maximum Gasteiger partial charge on any atom is 0.000527 e. The van der Waals surface area contributed by atoms with E-state index < -0.39 is 0 Å². The van der Waals surface area contributed by atoms with Crippen molar-refractivity contribution < 1.29 is 0 Å². The van der Waals surface area contributed by atoms with E-state index in [-0.39, 0.29) is 0 Å². The number of hydrogen-bond acceptors (Lipinski definition) is 1. The van der Waals surface area contributed by atoms with E-state index in [2.05, 4.69) is 26.1 Å². The molecular formula is C13H27N. The average Bonchev–Trinajstić information content (AvgIpc) is 2.60. The second-order valence-corrected chi connectivity index (χ2v) is 5.33. The minimum Gasteiger partial charge on any atom is -0.316 e. The Hall–Kier alpha value is -0.0400. The Morgan fingerprint density at radius 3 is 2.21 bits per heavy atom. The van der Waals surface area contributed by atoms with Crippen LogP contribution in [0, 0.1) is 11.3 Å². The predicted molar refractivity (Wildman–Crippen MR) is 63.5 cm³/mol. The van der Waals surface area contributed by atoms with Crippen LogP contribution in [0.2, 0.25) is 0 Å². The number of rotatable bonds is 6. The molecule has 14 heavy (non-hydrogen) atoms. The van der Waals surface area contributed by atoms with E-state index in [9.17, 15) is 0 Å². The van der Waals surface area contributed by atoms with Crippen molar-refractivity contribution in [2.24, 2.45) is 11.3 Å². The summed E-state index contributed by atoms with van der Waals surface area (Å²) in [6.07, 6.45) is 8.40. The molecule has 1 nitrogen and oxygen atoms in total. The highest BCUT2D eigenvalue weighted by Crippen LogP contribution is 2.36. The van der Waals surface area contributed by atoms with E-state index in [0.29, 0.717) is 5.41 Å². The summed E-state index contributed by atoms with van der Waals surface area (Å²) in [7, 11) is 0. The first-order chi connectivity index (χ1) is 6.70. The van der Waals surface area contributed by atoms with Gasteiger partial charge in [0.2, 0.25) is 0 Å². The Morgan fingerprint density at radius 2 is 1.71 bits per heavy atom. The van der Waals surface area contributed by atoms with Crippen LogP contribution in [-0.4, -0.2) is 13.1 Å². The Bertz CT molecular complexity index is 143. The minimum absolute atomic E-state index is 0.617. The van der Waals surface area contributed by atoms with Crippen LogP contribution in [0.4, 0.5) is 0 Å². The van der Waals surface area contributed by atoms with Crippen molar-refractivity contribution >= 4 is 0 Å². The molecule has 0 atom stereocenters. The molecule has 1 fully saturated rings. The van der Waals surface area contributed by atoms with Crippen molar-refractivity contribution in [2.75, 3.05) is 13.1 Å². The lowest BCUT2D eigenvalue weighted by Gasteiger charge is -2.25. The van der Waals surface area contributed by atoms with Gasteiger partial charge in [-0.1, -0.05) is 46.5 Å². The van der Waals surface area contributed by atoms with Crippen molar-refractivity contribution in [3.8, 4) is 0 Å². The van der Waals surface area contributed by atoms with E-state index in [1.165, 1.54) is 51.6 Å². The van der Waals surface area contributed by atoms with Gasteiger partial charge in [-0.25, -0.2) is 0 Å². The molecule has 1 rings (SSSR count). The second-order valence-electron chi connectivity index (χ2n) is 5.33. The molecule has 0 saturated heterocycles. The van der Waals surface area contributed by atoms with Gasteiger partial charge in [0.15, 0.2) is 0 Å². The van der Waals surface area contributed by atoms with Crippen LogP contribution in [0.15, 0.2) is 0 Å². The van der Waals surface area contributed by atoms with E-state index in [1.54, 1.807) is 0 Å². The number of hydrogen-bond donors (Lipinski definition) is 1. The largest absolute Gasteiger partial charge is 0.316 e. The lowest BCUT2D eigenvalue weighted by atomic mass is 9.88. The molecule has 0 aromatic heterocycles. The maximum absolute atomic E-state index is 3.67. The predicted octanol–water partition coefficient (Wildman–Crippen LogP) is 3.59. The van der Waals surface area contributed by atoms with Gasteiger partial charge < -0.3 is 5.32 Å². The molecule has 1 heteroatoms. The normalized spacial score (nSPS) is 20.6. The summed E-state index contributed by atoms with van der Waals surface area (Å²) in [5.41, 5.74) is 0.617. The lowest BCUT2D eigenvalue weighted by molar-refractivity contribution is 0.301. The summed E-state index contributed by atoms with van der Waals surface area (Å²) >= 11 is 0. The van der Waals surface area contributed by atoms with Gasteiger partial charge in [0.25, 0.3) is 0 Å². The molecule has 0 heterocycles. The summed E-state index contributed by atoms with van der Waals surface area (Å²) in [6, 6.07) is 0. The van der Waals surface area contributed by atoms with Gasteiger partial charge in [-0.05, 0) is 30.7 Å². The number of nitrogens with one attached hydrogen (secondary N) is 1. The first kappa shape index (κ1) is 12.0. The van der Waals surface area contributed by atoms with Crippen LogP contribution in [0.25, 0.3) is 0 Å². The first-order valence-corrected chi connectivity index (χ1v) is 6.41. The Morgan fingerprint density at radius 1 is 1.14 bits per heavy atom. The molecule has 1 N–H and O–H groups in total. The van der Waals surface area contributed by atoms with Crippen molar-refractivity contribution in [3.05, 3.63) is 0 Å². The Kier molecular flexibility index (Phi) is 4.94. The zero-order valence-corrected chi connectivity index (χ0v) is 10.2. The lowest BCUT2D eigenvalue weighted by Crippen LogP contribution is -2.32. The van der Waals surface area contributed by atoms with Gasteiger partial charge in [0.05, 0.1) is 0 Å². The quantitative estimate of drug-likeness (QED) is 0.686. The molecule has 0 amide bonds. The van der Waals surface area contributed by atoms with Gasteiger partial charge in [0.1, 0.15) is 0 Å². The Labute approximate surface area is 89.7 Å². The summed E-state index contributed by atoms with van der Waals surface area (Å²) in [5, 5.41) is 3.67. The van der Waals surface area contributed by atoms with Crippen molar-refractivity contribution in [1.29, 1.82) is 0 Å². The zero-order valence-electron chi connectivity index (χ0n) is 10.2. The zero-order chi connectivity index (χ0) is 10.4. The van der Waals surface area contributed by atoms with E-state index in [1.807, 2.05) is 0 Å². The molecule has 0 bridgehead atoms. The molecule has 0 aliphatic heterocycles. The molecule has 0 unspecified atom stereocenters. The monoisotopic (exact) mass is 197 g/mol. The highest BCUT2D eigenvalue weighted by atomic mass is 14.9. The van der Waals surface area contributed by atoms with Crippen molar-refractivity contribution in [3.63, 3.8) is 0 Å². The first-order valence-electron chi connectivity index (χ1n) is 6.41. The molecule has 0 radical (unpaired) electrons. The van der Waals surface area contributed by atoms with Crippen molar-refractivity contribution in [2.45, 2.75) is 59.3 Å². The van der Waals surface area contributed by atoms with Gasteiger partial charge in [-0.15, -0.1) is 0 Å². The molecule has 1 saturated carbocycles. The summed E-state index contributed by atoms with van der Waals surface area (Å²) in [4.78, 5) is 0. The van der Waals surface area contributed by atoms with Crippen LogP contribution in [0.5, 0.6) is 0 Å².